The van der Waals surface area contributed by atoms with Crippen molar-refractivity contribution < 1.29 is 26.1 Å². The van der Waals surface area contributed by atoms with E-state index in [0.29, 0.717) is 5.69 Å². The molecular formula is C32H41F3N2O3S. The molecule has 0 spiro atoms. The smallest absolute Gasteiger partial charge is 0.369 e. The van der Waals surface area contributed by atoms with Gasteiger partial charge in [-0.1, -0.05) is 61.7 Å². The number of rotatable bonds is 9. The first-order valence-corrected chi connectivity index (χ1v) is 15.6. The summed E-state index contributed by atoms with van der Waals surface area (Å²) in [5, 5.41) is 0. The summed E-state index contributed by atoms with van der Waals surface area (Å²) >= 11 is 0. The molecule has 0 radical (unpaired) electrons. The molecule has 3 aromatic carbocycles. The monoisotopic (exact) mass is 590 g/mol. The van der Waals surface area contributed by atoms with Crippen LogP contribution < -0.4 is 4.90 Å². The van der Waals surface area contributed by atoms with Crippen molar-refractivity contribution in [2.75, 3.05) is 37.6 Å². The molecule has 1 heterocycles. The van der Waals surface area contributed by atoms with Gasteiger partial charge in [-0.05, 0) is 80.1 Å². The zero-order valence-electron chi connectivity index (χ0n) is 24.1. The first-order chi connectivity index (χ1) is 19.4. The van der Waals surface area contributed by atoms with E-state index in [1.807, 2.05) is 6.92 Å². The molecule has 3 aromatic rings. The predicted molar refractivity (Wildman–Crippen MR) is 159 cm³/mol. The lowest BCUT2D eigenvalue weighted by Gasteiger charge is -2.36. The molecule has 1 fully saturated rings. The van der Waals surface area contributed by atoms with Crippen molar-refractivity contribution in [3.63, 3.8) is 0 Å². The topological polar surface area (TPSA) is 60.9 Å². The summed E-state index contributed by atoms with van der Waals surface area (Å²) in [6, 6.07) is 18.5. The van der Waals surface area contributed by atoms with Gasteiger partial charge in [0.25, 0.3) is 10.1 Å². The third-order valence-electron chi connectivity index (χ3n) is 7.41. The molecule has 0 aromatic heterocycles. The lowest BCUT2D eigenvalue weighted by Crippen LogP contribution is -2.47. The first-order valence-electron chi connectivity index (χ1n) is 14.1. The third kappa shape index (κ3) is 10.5. The second-order valence-corrected chi connectivity index (χ2v) is 12.1. The zero-order chi connectivity index (χ0) is 30.0. The van der Waals surface area contributed by atoms with E-state index in [0.717, 1.165) is 57.2 Å². The van der Waals surface area contributed by atoms with Crippen LogP contribution in [0.3, 0.4) is 0 Å². The lowest BCUT2D eigenvalue weighted by molar-refractivity contribution is -0.137. The van der Waals surface area contributed by atoms with E-state index in [-0.39, 0.29) is 4.90 Å². The van der Waals surface area contributed by atoms with Crippen molar-refractivity contribution in [1.82, 2.24) is 4.90 Å². The van der Waals surface area contributed by atoms with E-state index >= 15 is 0 Å². The largest absolute Gasteiger partial charge is 0.416 e. The number of hydrogen-bond donors (Lipinski definition) is 1. The third-order valence-corrected chi connectivity index (χ3v) is 8.28. The number of halogens is 3. The molecule has 0 amide bonds. The molecular weight excluding hydrogens is 549 g/mol. The standard InChI is InChI=1S/C25H33F3N2.C7H8O3S/c1-3-4-5-7-22-18-21(11-10-20(22)2)12-13-29-14-16-30(17-15-29)24-9-6-8-23(19-24)25(26,27)28;1-6-2-4-7(5-3-6)11(8,9)10/h6,8-11,18-19H,3-5,7,12-17H2,1-2H3;2-5H,1H3,(H,8,9,10). The van der Waals surface area contributed by atoms with E-state index in [4.69, 9.17) is 4.55 Å². The van der Waals surface area contributed by atoms with Crippen LogP contribution in [0, 0.1) is 13.8 Å². The fraction of sp³-hybridized carbons (Fsp3) is 0.438. The van der Waals surface area contributed by atoms with Crippen LogP contribution in [0.4, 0.5) is 18.9 Å². The van der Waals surface area contributed by atoms with E-state index in [9.17, 15) is 21.6 Å². The molecule has 0 aliphatic carbocycles. The van der Waals surface area contributed by atoms with Crippen LogP contribution in [0.1, 0.15) is 54.0 Å². The average molecular weight is 591 g/mol. The van der Waals surface area contributed by atoms with E-state index in [1.54, 1.807) is 18.2 Å². The van der Waals surface area contributed by atoms with Gasteiger partial charge in [0.2, 0.25) is 0 Å². The molecule has 1 aliphatic rings. The summed E-state index contributed by atoms with van der Waals surface area (Å²) in [5.41, 5.74) is 5.28. The summed E-state index contributed by atoms with van der Waals surface area (Å²) < 4.78 is 68.5. The maximum Gasteiger partial charge on any atom is 0.416 e. The van der Waals surface area contributed by atoms with Gasteiger partial charge in [0, 0.05) is 38.4 Å². The summed E-state index contributed by atoms with van der Waals surface area (Å²) in [5.74, 6) is 0. The highest BCUT2D eigenvalue weighted by Gasteiger charge is 2.31. The number of anilines is 1. The maximum atomic E-state index is 13.0. The Kier molecular flexibility index (Phi) is 11.8. The molecule has 41 heavy (non-hydrogen) atoms. The Morgan fingerprint density at radius 3 is 2.15 bits per heavy atom. The van der Waals surface area contributed by atoms with Crippen LogP contribution in [0.15, 0.2) is 71.6 Å². The van der Waals surface area contributed by atoms with Gasteiger partial charge in [0.15, 0.2) is 0 Å². The van der Waals surface area contributed by atoms with Crippen molar-refractivity contribution in [1.29, 1.82) is 0 Å². The lowest BCUT2D eigenvalue weighted by atomic mass is 9.98. The van der Waals surface area contributed by atoms with Gasteiger partial charge >= 0.3 is 6.18 Å². The molecule has 0 unspecified atom stereocenters. The van der Waals surface area contributed by atoms with Gasteiger partial charge < -0.3 is 4.90 Å². The summed E-state index contributed by atoms with van der Waals surface area (Å²) in [6.45, 7) is 10.5. The Bertz CT molecular complexity index is 1350. The van der Waals surface area contributed by atoms with Crippen molar-refractivity contribution in [2.45, 2.75) is 63.9 Å². The van der Waals surface area contributed by atoms with Crippen LogP contribution >= 0.6 is 0 Å². The average Bonchev–Trinajstić information content (AvgIpc) is 2.93. The first kappa shape index (κ1) is 32.6. The van der Waals surface area contributed by atoms with Crippen LogP contribution in [0.2, 0.25) is 0 Å². The van der Waals surface area contributed by atoms with E-state index in [1.165, 1.54) is 60.2 Å². The number of aryl methyl sites for hydroxylation is 3. The molecule has 0 bridgehead atoms. The van der Waals surface area contributed by atoms with Gasteiger partial charge in [0.1, 0.15) is 0 Å². The molecule has 5 nitrogen and oxygen atoms in total. The number of piperazine rings is 1. The second kappa shape index (κ2) is 14.8. The van der Waals surface area contributed by atoms with E-state index < -0.39 is 21.9 Å². The molecule has 224 valence electrons. The van der Waals surface area contributed by atoms with Crippen LogP contribution in [-0.2, 0) is 29.1 Å². The molecule has 1 aliphatic heterocycles. The highest BCUT2D eigenvalue weighted by atomic mass is 32.2. The summed E-state index contributed by atoms with van der Waals surface area (Å²) in [4.78, 5) is 4.41. The van der Waals surface area contributed by atoms with Crippen molar-refractivity contribution in [3.05, 3.63) is 94.5 Å². The Morgan fingerprint density at radius 1 is 0.854 bits per heavy atom. The quantitative estimate of drug-likeness (QED) is 0.209. The van der Waals surface area contributed by atoms with Crippen molar-refractivity contribution >= 4 is 15.8 Å². The number of hydrogen-bond acceptors (Lipinski definition) is 4. The second-order valence-electron chi connectivity index (χ2n) is 10.6. The minimum atomic E-state index is -4.29. The number of alkyl halides is 3. The fourth-order valence-electron chi connectivity index (χ4n) is 4.82. The van der Waals surface area contributed by atoms with Gasteiger partial charge in [-0.25, -0.2) is 0 Å². The summed E-state index contributed by atoms with van der Waals surface area (Å²) in [6.07, 6.45) is 1.65. The predicted octanol–water partition coefficient (Wildman–Crippen LogP) is 7.35. The minimum Gasteiger partial charge on any atom is -0.369 e. The molecule has 4 rings (SSSR count). The molecule has 9 heteroatoms. The zero-order valence-corrected chi connectivity index (χ0v) is 24.9. The van der Waals surface area contributed by atoms with Gasteiger partial charge in [-0.2, -0.15) is 21.6 Å². The molecule has 1 saturated heterocycles. The van der Waals surface area contributed by atoms with E-state index in [2.05, 4.69) is 41.8 Å². The highest BCUT2D eigenvalue weighted by Crippen LogP contribution is 2.32. The van der Waals surface area contributed by atoms with Crippen molar-refractivity contribution in [2.24, 2.45) is 0 Å². The Hall–Kier alpha value is -2.88. The summed E-state index contributed by atoms with van der Waals surface area (Å²) in [7, 11) is -4.02. The molecule has 0 saturated carbocycles. The Morgan fingerprint density at radius 2 is 1.54 bits per heavy atom. The van der Waals surface area contributed by atoms with Gasteiger partial charge in [-0.15, -0.1) is 0 Å². The SMILES string of the molecule is CCCCCc1cc(CCN2CCN(c3cccc(C(F)(F)F)c3)CC2)ccc1C.Cc1ccc(S(=O)(=O)O)cc1. The van der Waals surface area contributed by atoms with Crippen LogP contribution in [-0.4, -0.2) is 50.6 Å². The Balaban J connectivity index is 0.000000352. The molecule has 0 atom stereocenters. The van der Waals surface area contributed by atoms with Gasteiger partial charge in [0.05, 0.1) is 10.5 Å². The number of nitrogens with zero attached hydrogens (tertiary/aromatic N) is 2. The normalized spacial score (nSPS) is 14.5. The maximum absolute atomic E-state index is 13.0. The fourth-order valence-corrected chi connectivity index (χ4v) is 5.30. The number of unbranched alkanes of at least 4 members (excludes halogenated alkanes) is 2. The number of benzene rings is 3. The van der Waals surface area contributed by atoms with Crippen molar-refractivity contribution in [3.8, 4) is 0 Å². The molecule has 1 N–H and O–H groups in total. The van der Waals surface area contributed by atoms with Crippen LogP contribution in [0.25, 0.3) is 0 Å². The highest BCUT2D eigenvalue weighted by molar-refractivity contribution is 7.85. The van der Waals surface area contributed by atoms with Gasteiger partial charge in [-0.3, -0.25) is 9.45 Å². The minimum absolute atomic E-state index is 0.0666. The Labute approximate surface area is 242 Å². The van der Waals surface area contributed by atoms with Crippen LogP contribution in [0.5, 0.6) is 0 Å².